The highest BCUT2D eigenvalue weighted by molar-refractivity contribution is 5.92. The highest BCUT2D eigenvalue weighted by Gasteiger charge is 2.46. The van der Waals surface area contributed by atoms with Crippen LogP contribution in [0.3, 0.4) is 0 Å². The molecule has 0 saturated carbocycles. The van der Waals surface area contributed by atoms with Gasteiger partial charge >= 0.3 is 11.9 Å². The smallest absolute Gasteiger partial charge is 0.333 e. The molecule has 0 bridgehead atoms. The first-order valence-electron chi connectivity index (χ1n) is 7.02. The van der Waals surface area contributed by atoms with E-state index in [1.165, 1.54) is 14.2 Å². The monoisotopic (exact) mass is 280 g/mol. The Morgan fingerprint density at radius 1 is 1.25 bits per heavy atom. The molecular formula is C16H24O4. The van der Waals surface area contributed by atoms with Gasteiger partial charge in [0, 0.05) is 5.57 Å². The standard InChI is InChI=1S/C16H24O4/c1-6-11(3)16(15(18)20-5)9-8-12(7-2)13(10-16)14(17)19-4/h3,6-10H2,1-2,4-5H3. The maximum Gasteiger partial charge on any atom is 0.333 e. The fourth-order valence-corrected chi connectivity index (χ4v) is 2.91. The van der Waals surface area contributed by atoms with E-state index in [9.17, 15) is 9.59 Å². The second kappa shape index (κ2) is 6.73. The predicted octanol–water partition coefficient (Wildman–Crippen LogP) is 3.18. The molecule has 112 valence electrons. The zero-order valence-corrected chi connectivity index (χ0v) is 12.9. The number of esters is 2. The average molecular weight is 280 g/mol. The van der Waals surface area contributed by atoms with E-state index in [0.717, 1.165) is 17.6 Å². The zero-order chi connectivity index (χ0) is 15.3. The molecule has 0 amide bonds. The Balaban J connectivity index is 3.26. The van der Waals surface area contributed by atoms with Crippen LogP contribution in [0.1, 0.15) is 46.0 Å². The summed E-state index contributed by atoms with van der Waals surface area (Å²) in [6.45, 7) is 8.01. The van der Waals surface area contributed by atoms with Crippen molar-refractivity contribution in [2.45, 2.75) is 46.0 Å². The lowest BCUT2D eigenvalue weighted by atomic mass is 9.66. The fourth-order valence-electron chi connectivity index (χ4n) is 2.91. The fraction of sp³-hybridized carbons (Fsp3) is 0.625. The van der Waals surface area contributed by atoms with Gasteiger partial charge in [-0.2, -0.15) is 0 Å². The lowest BCUT2D eigenvalue weighted by molar-refractivity contribution is -0.151. The van der Waals surface area contributed by atoms with E-state index in [4.69, 9.17) is 9.47 Å². The molecule has 4 heteroatoms. The average Bonchev–Trinajstić information content (AvgIpc) is 2.51. The van der Waals surface area contributed by atoms with E-state index in [1.807, 2.05) is 13.8 Å². The number of carbonyl (C=O) groups excluding carboxylic acids is 2. The summed E-state index contributed by atoms with van der Waals surface area (Å²) < 4.78 is 9.84. The Hall–Kier alpha value is -1.58. The molecule has 0 N–H and O–H groups in total. The topological polar surface area (TPSA) is 52.6 Å². The van der Waals surface area contributed by atoms with Crippen LogP contribution in [0.5, 0.6) is 0 Å². The SMILES string of the molecule is C=C(CC)C1(C(=O)OC)CCC(CC)=C(C(=O)OC)C1. The molecule has 0 radical (unpaired) electrons. The second-order valence-corrected chi connectivity index (χ2v) is 5.13. The summed E-state index contributed by atoms with van der Waals surface area (Å²) in [6, 6.07) is 0. The van der Waals surface area contributed by atoms with E-state index < -0.39 is 5.41 Å². The van der Waals surface area contributed by atoms with Crippen LogP contribution in [-0.2, 0) is 19.1 Å². The predicted molar refractivity (Wildman–Crippen MR) is 77.1 cm³/mol. The second-order valence-electron chi connectivity index (χ2n) is 5.13. The Labute approximate surface area is 120 Å². The van der Waals surface area contributed by atoms with Crippen LogP contribution >= 0.6 is 0 Å². The third-order valence-corrected chi connectivity index (χ3v) is 4.30. The van der Waals surface area contributed by atoms with Crippen LogP contribution < -0.4 is 0 Å². The maximum absolute atomic E-state index is 12.3. The highest BCUT2D eigenvalue weighted by Crippen LogP contribution is 2.47. The summed E-state index contributed by atoms with van der Waals surface area (Å²) in [4.78, 5) is 24.3. The molecule has 0 aromatic rings. The number of allylic oxidation sites excluding steroid dienone is 1. The number of carbonyl (C=O) groups is 2. The quantitative estimate of drug-likeness (QED) is 0.573. The molecule has 1 aliphatic carbocycles. The van der Waals surface area contributed by atoms with Crippen molar-refractivity contribution in [3.05, 3.63) is 23.3 Å². The molecule has 0 saturated heterocycles. The lowest BCUT2D eigenvalue weighted by Gasteiger charge is -2.37. The van der Waals surface area contributed by atoms with Gasteiger partial charge in [0.1, 0.15) is 0 Å². The van der Waals surface area contributed by atoms with Crippen molar-refractivity contribution < 1.29 is 19.1 Å². The summed E-state index contributed by atoms with van der Waals surface area (Å²) >= 11 is 0. The van der Waals surface area contributed by atoms with Gasteiger partial charge in [0.05, 0.1) is 19.6 Å². The van der Waals surface area contributed by atoms with E-state index in [0.29, 0.717) is 31.3 Å². The summed E-state index contributed by atoms with van der Waals surface area (Å²) in [5.74, 6) is -0.653. The molecular weight excluding hydrogens is 256 g/mol. The lowest BCUT2D eigenvalue weighted by Crippen LogP contribution is -2.38. The third kappa shape index (κ3) is 2.79. The molecule has 0 fully saturated rings. The van der Waals surface area contributed by atoms with Gasteiger partial charge in [-0.15, -0.1) is 0 Å². The van der Waals surface area contributed by atoms with Crippen LogP contribution in [0.2, 0.25) is 0 Å². The first kappa shape index (κ1) is 16.5. The molecule has 20 heavy (non-hydrogen) atoms. The van der Waals surface area contributed by atoms with Gasteiger partial charge in [-0.05, 0) is 32.1 Å². The van der Waals surface area contributed by atoms with Gasteiger partial charge in [0.2, 0.25) is 0 Å². The number of hydrogen-bond acceptors (Lipinski definition) is 4. The van der Waals surface area contributed by atoms with E-state index >= 15 is 0 Å². The molecule has 1 rings (SSSR count). The normalized spacial score (nSPS) is 22.4. The summed E-state index contributed by atoms with van der Waals surface area (Å²) in [5.41, 5.74) is 1.72. The number of methoxy groups -OCH3 is 2. The molecule has 0 aromatic heterocycles. The van der Waals surface area contributed by atoms with Crippen LogP contribution in [0.15, 0.2) is 23.3 Å². The molecule has 0 spiro atoms. The van der Waals surface area contributed by atoms with Crippen LogP contribution in [-0.4, -0.2) is 26.2 Å². The van der Waals surface area contributed by atoms with Gasteiger partial charge in [-0.3, -0.25) is 4.79 Å². The van der Waals surface area contributed by atoms with Crippen molar-refractivity contribution in [1.82, 2.24) is 0 Å². The van der Waals surface area contributed by atoms with Gasteiger partial charge in [0.15, 0.2) is 0 Å². The van der Waals surface area contributed by atoms with Crippen molar-refractivity contribution in [2.24, 2.45) is 5.41 Å². The summed E-state index contributed by atoms with van der Waals surface area (Å²) in [7, 11) is 2.75. The van der Waals surface area contributed by atoms with Gasteiger partial charge in [-0.25, -0.2) is 4.79 Å². The Kier molecular flexibility index (Phi) is 5.54. The number of rotatable bonds is 5. The summed E-state index contributed by atoms with van der Waals surface area (Å²) in [6.07, 6.45) is 3.17. The Bertz CT molecular complexity index is 429. The minimum atomic E-state index is -0.786. The molecule has 0 aliphatic heterocycles. The van der Waals surface area contributed by atoms with E-state index in [-0.39, 0.29) is 11.9 Å². The van der Waals surface area contributed by atoms with Crippen LogP contribution in [0.4, 0.5) is 0 Å². The molecule has 1 unspecified atom stereocenters. The van der Waals surface area contributed by atoms with Crippen molar-refractivity contribution >= 4 is 11.9 Å². The van der Waals surface area contributed by atoms with Gasteiger partial charge in [-0.1, -0.05) is 31.6 Å². The molecule has 1 atom stereocenters. The Morgan fingerprint density at radius 3 is 2.35 bits per heavy atom. The van der Waals surface area contributed by atoms with Crippen molar-refractivity contribution in [3.8, 4) is 0 Å². The van der Waals surface area contributed by atoms with Crippen molar-refractivity contribution in [2.75, 3.05) is 14.2 Å². The van der Waals surface area contributed by atoms with Crippen LogP contribution in [0, 0.1) is 5.41 Å². The van der Waals surface area contributed by atoms with Crippen LogP contribution in [0.25, 0.3) is 0 Å². The maximum atomic E-state index is 12.3. The van der Waals surface area contributed by atoms with E-state index in [2.05, 4.69) is 6.58 Å². The molecule has 1 aliphatic rings. The highest BCUT2D eigenvalue weighted by atomic mass is 16.5. The third-order valence-electron chi connectivity index (χ3n) is 4.30. The summed E-state index contributed by atoms with van der Waals surface area (Å²) in [5, 5.41) is 0. The first-order valence-corrected chi connectivity index (χ1v) is 7.02. The van der Waals surface area contributed by atoms with Crippen molar-refractivity contribution in [3.63, 3.8) is 0 Å². The Morgan fingerprint density at radius 2 is 1.90 bits per heavy atom. The number of ether oxygens (including phenoxy) is 2. The molecule has 4 nitrogen and oxygen atoms in total. The van der Waals surface area contributed by atoms with Crippen molar-refractivity contribution in [1.29, 1.82) is 0 Å². The molecule has 0 aromatic carbocycles. The largest absolute Gasteiger partial charge is 0.468 e. The molecule has 0 heterocycles. The first-order chi connectivity index (χ1) is 9.46. The minimum Gasteiger partial charge on any atom is -0.468 e. The van der Waals surface area contributed by atoms with Gasteiger partial charge < -0.3 is 9.47 Å². The zero-order valence-electron chi connectivity index (χ0n) is 12.9. The van der Waals surface area contributed by atoms with Gasteiger partial charge in [0.25, 0.3) is 0 Å². The van der Waals surface area contributed by atoms with E-state index in [1.54, 1.807) is 0 Å². The number of hydrogen-bond donors (Lipinski definition) is 0. The minimum absolute atomic E-state index is 0.305.